The Balaban J connectivity index is 1.31. The molecule has 1 aromatic heterocycles. The maximum Gasteiger partial charge on any atom is 0.261 e. The highest BCUT2D eigenvalue weighted by atomic mass is 35.5. The molecule has 1 fully saturated rings. The number of halogens is 1. The van der Waals surface area contributed by atoms with Crippen molar-refractivity contribution in [3.05, 3.63) is 130 Å². The summed E-state index contributed by atoms with van der Waals surface area (Å²) in [7, 11) is 3.14. The Kier molecular flexibility index (Phi) is 16.1. The number of hydrogen-bond donors (Lipinski definition) is 3. The molecular formula is C48H56ClN7O8. The lowest BCUT2D eigenvalue weighted by atomic mass is 9.93. The lowest BCUT2D eigenvalue weighted by Crippen LogP contribution is -2.57. The van der Waals surface area contributed by atoms with Crippen LogP contribution in [0.2, 0.25) is 5.02 Å². The van der Waals surface area contributed by atoms with Crippen molar-refractivity contribution in [3.8, 4) is 5.75 Å². The van der Waals surface area contributed by atoms with Gasteiger partial charge in [-0.2, -0.15) is 0 Å². The molecule has 1 saturated heterocycles. The van der Waals surface area contributed by atoms with Gasteiger partial charge >= 0.3 is 0 Å². The second-order valence-corrected chi connectivity index (χ2v) is 17.0. The highest BCUT2D eigenvalue weighted by molar-refractivity contribution is 6.30. The monoisotopic (exact) mass is 893 g/mol. The van der Waals surface area contributed by atoms with Crippen molar-refractivity contribution in [2.75, 3.05) is 33.9 Å². The predicted molar refractivity (Wildman–Crippen MR) is 239 cm³/mol. The van der Waals surface area contributed by atoms with Crippen molar-refractivity contribution < 1.29 is 38.6 Å². The molecule has 3 aromatic carbocycles. The number of para-hydroxylation sites is 1. The molecule has 3 N–H and O–H groups in total. The minimum absolute atomic E-state index is 0.0950. The number of carbonyl (C=O) groups excluding carboxylic acids is 6. The van der Waals surface area contributed by atoms with Gasteiger partial charge in [0.05, 0.1) is 31.3 Å². The molecule has 0 spiro atoms. The molecule has 2 aliphatic rings. The van der Waals surface area contributed by atoms with E-state index in [1.165, 1.54) is 28.7 Å². The van der Waals surface area contributed by atoms with E-state index in [2.05, 4.69) is 15.6 Å². The Hall–Kier alpha value is -6.32. The van der Waals surface area contributed by atoms with Gasteiger partial charge in [-0.15, -0.1) is 0 Å². The zero-order chi connectivity index (χ0) is 45.9. The summed E-state index contributed by atoms with van der Waals surface area (Å²) in [5.74, 6) is -3.43. The number of hydrogen-bond acceptors (Lipinski definition) is 9. The van der Waals surface area contributed by atoms with E-state index in [4.69, 9.17) is 16.3 Å². The fraction of sp³-hybridized carbons (Fsp3) is 0.396. The molecular weight excluding hydrogens is 838 g/mol. The molecule has 3 heterocycles. The number of carbonyl (C=O) groups is 6. The molecule has 6 rings (SSSR count). The van der Waals surface area contributed by atoms with Crippen LogP contribution < -0.4 is 15.4 Å². The molecule has 0 bridgehead atoms. The maximum atomic E-state index is 14.8. The standard InChI is InChI=1S/C48H56ClN7O8/c1-31-25-51-43(58)24-39(22-34-16-18-38(49)19-17-34)54(4)48(63)41(29-57)52-46(61)32(2)56(44(59)23-37(47(62)53(31)3)21-33-11-6-5-7-12-33)27-36-13-8-9-15-42(36)64-30-45(60)55-26-35-14-10-20-50-40(35)28-55/h5-20,31-32,37,39,41,57H,21-30H2,1-4H3,(H,51,58)(H,52,61)/t31-,32-,37+,39-,41-/m0/s1. The number of nitrogens with one attached hydrogen (secondary N) is 2. The second kappa shape index (κ2) is 21.8. The van der Waals surface area contributed by atoms with Crippen molar-refractivity contribution in [3.63, 3.8) is 0 Å². The molecule has 0 aliphatic carbocycles. The van der Waals surface area contributed by atoms with Crippen molar-refractivity contribution in [1.29, 1.82) is 0 Å². The number of fused-ring (bicyclic) bond motifs is 1. The topological polar surface area (TPSA) is 182 Å². The van der Waals surface area contributed by atoms with Crippen LogP contribution in [-0.2, 0) is 61.2 Å². The molecule has 15 nitrogen and oxygen atoms in total. The maximum absolute atomic E-state index is 14.8. The minimum atomic E-state index is -1.43. The van der Waals surface area contributed by atoms with E-state index in [1.54, 1.807) is 73.6 Å². The number of pyridine rings is 1. The van der Waals surface area contributed by atoms with Crippen LogP contribution in [-0.4, -0.2) is 123 Å². The zero-order valence-electron chi connectivity index (χ0n) is 36.6. The van der Waals surface area contributed by atoms with Crippen LogP contribution in [0.5, 0.6) is 5.75 Å². The molecule has 64 heavy (non-hydrogen) atoms. The smallest absolute Gasteiger partial charge is 0.261 e. The number of likely N-dealkylation sites (N-methyl/N-ethyl adjacent to an activating group) is 2. The number of benzene rings is 3. The van der Waals surface area contributed by atoms with Crippen LogP contribution in [0.25, 0.3) is 0 Å². The summed E-state index contributed by atoms with van der Waals surface area (Å²) in [6.45, 7) is 2.94. The first kappa shape index (κ1) is 47.2. The van der Waals surface area contributed by atoms with Gasteiger partial charge in [0.25, 0.3) is 5.91 Å². The van der Waals surface area contributed by atoms with E-state index in [0.717, 1.165) is 22.4 Å². The Morgan fingerprint density at radius 3 is 2.25 bits per heavy atom. The number of nitrogens with zero attached hydrogens (tertiary/aromatic N) is 5. The quantitative estimate of drug-likeness (QED) is 0.215. The van der Waals surface area contributed by atoms with Gasteiger partial charge in [-0.3, -0.25) is 33.8 Å². The molecule has 2 aliphatic heterocycles. The van der Waals surface area contributed by atoms with E-state index >= 15 is 0 Å². The molecule has 16 heteroatoms. The first-order chi connectivity index (χ1) is 30.7. The summed E-state index contributed by atoms with van der Waals surface area (Å²) >= 11 is 6.14. The number of aliphatic hydroxyl groups is 1. The molecule has 5 atom stereocenters. The highest BCUT2D eigenvalue weighted by Crippen LogP contribution is 2.26. The fourth-order valence-electron chi connectivity index (χ4n) is 7.95. The van der Waals surface area contributed by atoms with Crippen LogP contribution in [0.4, 0.5) is 0 Å². The Morgan fingerprint density at radius 1 is 0.828 bits per heavy atom. The lowest BCUT2D eigenvalue weighted by Gasteiger charge is -2.35. The number of rotatable bonds is 10. The fourth-order valence-corrected chi connectivity index (χ4v) is 8.08. The van der Waals surface area contributed by atoms with Crippen molar-refractivity contribution in [2.24, 2.45) is 5.92 Å². The normalized spacial score (nSPS) is 21.8. The van der Waals surface area contributed by atoms with Gasteiger partial charge in [0.15, 0.2) is 6.61 Å². The zero-order valence-corrected chi connectivity index (χ0v) is 37.4. The molecule has 0 radical (unpaired) electrons. The first-order valence-electron chi connectivity index (χ1n) is 21.4. The third-order valence-electron chi connectivity index (χ3n) is 12.1. The van der Waals surface area contributed by atoms with Gasteiger partial charge in [0, 0.05) is 68.9 Å². The molecule has 0 unspecified atom stereocenters. The molecule has 338 valence electrons. The Bertz CT molecular complexity index is 2270. The second-order valence-electron chi connectivity index (χ2n) is 16.5. The minimum Gasteiger partial charge on any atom is -0.483 e. The van der Waals surface area contributed by atoms with Gasteiger partial charge in [-0.05, 0) is 67.6 Å². The molecule has 4 aromatic rings. The summed E-state index contributed by atoms with van der Waals surface area (Å²) in [4.78, 5) is 94.7. The average Bonchev–Trinajstić information content (AvgIpc) is 3.75. The van der Waals surface area contributed by atoms with E-state index in [9.17, 15) is 33.9 Å². The lowest BCUT2D eigenvalue weighted by molar-refractivity contribution is -0.146. The predicted octanol–water partition coefficient (Wildman–Crippen LogP) is 3.54. The number of aliphatic hydroxyl groups excluding tert-OH is 1. The summed E-state index contributed by atoms with van der Waals surface area (Å²) in [5.41, 5.74) is 3.90. The van der Waals surface area contributed by atoms with Crippen molar-refractivity contribution in [2.45, 2.75) is 83.3 Å². The van der Waals surface area contributed by atoms with Crippen LogP contribution >= 0.6 is 11.6 Å². The van der Waals surface area contributed by atoms with E-state index in [-0.39, 0.29) is 63.1 Å². The van der Waals surface area contributed by atoms with Gasteiger partial charge in [-0.1, -0.05) is 78.3 Å². The van der Waals surface area contributed by atoms with Crippen LogP contribution in [0.1, 0.15) is 54.6 Å². The van der Waals surface area contributed by atoms with Crippen LogP contribution in [0.15, 0.2) is 97.2 Å². The third-order valence-corrected chi connectivity index (χ3v) is 12.3. The summed E-state index contributed by atoms with van der Waals surface area (Å²) < 4.78 is 6.10. The van der Waals surface area contributed by atoms with Crippen molar-refractivity contribution in [1.82, 2.24) is 35.2 Å². The van der Waals surface area contributed by atoms with Gasteiger partial charge in [-0.25, -0.2) is 0 Å². The van der Waals surface area contributed by atoms with Crippen LogP contribution in [0, 0.1) is 5.92 Å². The number of ether oxygens (including phenoxy) is 1. The van der Waals surface area contributed by atoms with E-state index in [1.807, 2.05) is 42.5 Å². The molecule has 6 amide bonds. The summed E-state index contributed by atoms with van der Waals surface area (Å²) in [5, 5.41) is 16.6. The number of amides is 6. The summed E-state index contributed by atoms with van der Waals surface area (Å²) in [6, 6.07) is 23.1. The Morgan fingerprint density at radius 2 is 1.53 bits per heavy atom. The van der Waals surface area contributed by atoms with Gasteiger partial charge < -0.3 is 40.1 Å². The van der Waals surface area contributed by atoms with Gasteiger partial charge in [0.2, 0.25) is 29.5 Å². The van der Waals surface area contributed by atoms with Crippen LogP contribution in [0.3, 0.4) is 0 Å². The Labute approximate surface area is 378 Å². The van der Waals surface area contributed by atoms with Gasteiger partial charge in [0.1, 0.15) is 17.8 Å². The summed E-state index contributed by atoms with van der Waals surface area (Å²) in [6.07, 6.45) is 1.74. The molecule has 0 saturated carbocycles. The van der Waals surface area contributed by atoms with E-state index < -0.39 is 54.4 Å². The SMILES string of the molecule is C[C@H]1CNC(=O)C[C@H](Cc2ccc(Cl)cc2)N(C)C(=O)[C@H](CO)NC(=O)[C@H](C)N(Cc2ccccc2OCC(=O)N2Cc3cccnc3C2)C(=O)C[C@@H](Cc2ccccc2)C(=O)N1C. The van der Waals surface area contributed by atoms with E-state index in [0.29, 0.717) is 29.4 Å². The average molecular weight is 894 g/mol. The van der Waals surface area contributed by atoms with Crippen molar-refractivity contribution >= 4 is 47.0 Å². The largest absolute Gasteiger partial charge is 0.483 e. The highest BCUT2D eigenvalue weighted by Gasteiger charge is 2.36. The first-order valence-corrected chi connectivity index (χ1v) is 21.8. The number of aromatic nitrogens is 1. The third kappa shape index (κ3) is 12.0.